The number of halogens is 1. The van der Waals surface area contributed by atoms with Crippen molar-refractivity contribution in [3.05, 3.63) is 28.3 Å². The number of carbonyl (C=O) groups is 1. The molecule has 1 rings (SSSR count). The molecule has 0 heterocycles. The van der Waals surface area contributed by atoms with Crippen molar-refractivity contribution in [2.75, 3.05) is 7.11 Å². The molecule has 0 bridgehead atoms. The molecule has 0 aliphatic heterocycles. The summed E-state index contributed by atoms with van der Waals surface area (Å²) in [6.07, 6.45) is -0.273. The molecule has 0 aliphatic carbocycles. The molecule has 4 nitrogen and oxygen atoms in total. The highest BCUT2D eigenvalue weighted by Crippen LogP contribution is 2.30. The molecule has 0 atom stereocenters. The van der Waals surface area contributed by atoms with Gasteiger partial charge >= 0.3 is 5.97 Å². The molecule has 0 spiro atoms. The summed E-state index contributed by atoms with van der Waals surface area (Å²) in [5.74, 6) is -1.21. The number of hydrogen-bond acceptors (Lipinski definition) is 3. The summed E-state index contributed by atoms with van der Waals surface area (Å²) >= 11 is 5.69. The first-order valence-electron chi connectivity index (χ1n) is 4.26. The Morgan fingerprint density at radius 1 is 1.53 bits per heavy atom. The lowest BCUT2D eigenvalue weighted by atomic mass is 10.0. The highest BCUT2D eigenvalue weighted by atomic mass is 35.5. The summed E-state index contributed by atoms with van der Waals surface area (Å²) in [7, 11) is 1.50. The van der Waals surface area contributed by atoms with Crippen LogP contribution in [0.1, 0.15) is 11.1 Å². The van der Waals surface area contributed by atoms with E-state index in [1.165, 1.54) is 13.2 Å². The number of methoxy groups -OCH3 is 1. The van der Waals surface area contributed by atoms with E-state index < -0.39 is 5.97 Å². The molecular weight excluding hydrogens is 220 g/mol. The van der Waals surface area contributed by atoms with E-state index in [2.05, 4.69) is 0 Å². The van der Waals surface area contributed by atoms with Gasteiger partial charge in [0.1, 0.15) is 5.75 Å². The Labute approximate surface area is 92.1 Å². The van der Waals surface area contributed by atoms with Crippen LogP contribution in [0, 0.1) is 0 Å². The van der Waals surface area contributed by atoms with Gasteiger partial charge in [0.05, 0.1) is 18.1 Å². The van der Waals surface area contributed by atoms with Crippen molar-refractivity contribution in [2.24, 2.45) is 0 Å². The fraction of sp³-hybridized carbons (Fsp3) is 0.300. The molecule has 0 aromatic heterocycles. The summed E-state index contributed by atoms with van der Waals surface area (Å²) in [6, 6.07) is 3.15. The molecule has 1 aromatic rings. The van der Waals surface area contributed by atoms with Crippen molar-refractivity contribution in [2.45, 2.75) is 13.0 Å². The lowest BCUT2D eigenvalue weighted by Gasteiger charge is -2.10. The van der Waals surface area contributed by atoms with E-state index in [9.17, 15) is 9.90 Å². The summed E-state index contributed by atoms with van der Waals surface area (Å²) in [4.78, 5) is 10.6. The molecule has 82 valence electrons. The molecule has 0 aliphatic rings. The van der Waals surface area contributed by atoms with Gasteiger partial charge in [0.2, 0.25) is 0 Å². The van der Waals surface area contributed by atoms with Crippen molar-refractivity contribution < 1.29 is 19.7 Å². The SMILES string of the molecule is COCc1ccc(Cl)c(O)c1CC(=O)O. The zero-order valence-corrected chi connectivity index (χ0v) is 8.91. The number of phenolic OH excluding ortho intramolecular Hbond substituents is 1. The number of rotatable bonds is 4. The molecule has 0 unspecified atom stereocenters. The van der Waals surface area contributed by atoms with Gasteiger partial charge in [0.25, 0.3) is 0 Å². The first-order chi connectivity index (χ1) is 7.06. The summed E-state index contributed by atoms with van der Waals surface area (Å²) in [5, 5.41) is 18.4. The van der Waals surface area contributed by atoms with Gasteiger partial charge in [0, 0.05) is 12.7 Å². The highest BCUT2D eigenvalue weighted by Gasteiger charge is 2.14. The van der Waals surface area contributed by atoms with Gasteiger partial charge in [-0.05, 0) is 11.6 Å². The van der Waals surface area contributed by atoms with E-state index in [0.717, 1.165) is 0 Å². The number of benzene rings is 1. The van der Waals surface area contributed by atoms with Gasteiger partial charge in [-0.15, -0.1) is 0 Å². The first-order valence-corrected chi connectivity index (χ1v) is 4.64. The average Bonchev–Trinajstić information content (AvgIpc) is 2.17. The number of hydrogen-bond donors (Lipinski definition) is 2. The van der Waals surface area contributed by atoms with E-state index in [4.69, 9.17) is 21.4 Å². The molecule has 0 saturated carbocycles. The maximum atomic E-state index is 10.6. The second-order valence-electron chi connectivity index (χ2n) is 3.04. The fourth-order valence-electron chi connectivity index (χ4n) is 1.29. The van der Waals surface area contributed by atoms with Crippen LogP contribution in [0.5, 0.6) is 5.75 Å². The second kappa shape index (κ2) is 5.00. The molecule has 1 aromatic carbocycles. The lowest BCUT2D eigenvalue weighted by Crippen LogP contribution is -2.05. The third kappa shape index (κ3) is 2.84. The molecule has 0 amide bonds. The van der Waals surface area contributed by atoms with Crippen LogP contribution < -0.4 is 0 Å². The van der Waals surface area contributed by atoms with Gasteiger partial charge in [-0.25, -0.2) is 0 Å². The third-order valence-corrected chi connectivity index (χ3v) is 2.26. The largest absolute Gasteiger partial charge is 0.506 e. The Bertz CT molecular complexity index is 376. The summed E-state index contributed by atoms with van der Waals surface area (Å²) in [5.41, 5.74) is 0.929. The van der Waals surface area contributed by atoms with Crippen LogP contribution in [0.3, 0.4) is 0 Å². The van der Waals surface area contributed by atoms with Crippen LogP contribution in [0.25, 0.3) is 0 Å². The van der Waals surface area contributed by atoms with Crippen molar-refractivity contribution in [1.82, 2.24) is 0 Å². The summed E-state index contributed by atoms with van der Waals surface area (Å²) < 4.78 is 4.90. The zero-order valence-electron chi connectivity index (χ0n) is 8.16. The van der Waals surface area contributed by atoms with Crippen LogP contribution >= 0.6 is 11.6 Å². The molecule has 0 fully saturated rings. The average molecular weight is 231 g/mol. The Kier molecular flexibility index (Phi) is 3.94. The lowest BCUT2D eigenvalue weighted by molar-refractivity contribution is -0.136. The molecule has 2 N–H and O–H groups in total. The number of aromatic hydroxyl groups is 1. The molecular formula is C10H11ClO4. The van der Waals surface area contributed by atoms with Crippen molar-refractivity contribution in [3.63, 3.8) is 0 Å². The standard InChI is InChI=1S/C10H11ClO4/c1-15-5-6-2-3-8(11)10(14)7(6)4-9(12)13/h2-3,14H,4-5H2,1H3,(H,12,13). The van der Waals surface area contributed by atoms with Gasteiger partial charge in [-0.3, -0.25) is 4.79 Å². The van der Waals surface area contributed by atoms with Crippen LogP contribution in [0.2, 0.25) is 5.02 Å². The number of ether oxygens (including phenoxy) is 1. The van der Waals surface area contributed by atoms with Crippen LogP contribution in [0.4, 0.5) is 0 Å². The minimum absolute atomic E-state index is 0.145. The first kappa shape index (κ1) is 11.8. The number of aliphatic carboxylic acids is 1. The Hall–Kier alpha value is -1.26. The van der Waals surface area contributed by atoms with E-state index in [-0.39, 0.29) is 23.8 Å². The topological polar surface area (TPSA) is 66.8 Å². The van der Waals surface area contributed by atoms with Crippen molar-refractivity contribution in [1.29, 1.82) is 0 Å². The van der Waals surface area contributed by atoms with Crippen molar-refractivity contribution >= 4 is 17.6 Å². The van der Waals surface area contributed by atoms with Crippen LogP contribution in [-0.4, -0.2) is 23.3 Å². The minimum Gasteiger partial charge on any atom is -0.506 e. The number of phenols is 1. The minimum atomic E-state index is -1.02. The van der Waals surface area contributed by atoms with Gasteiger partial charge in [-0.1, -0.05) is 17.7 Å². The Balaban J connectivity index is 3.15. The molecule has 5 heteroatoms. The molecule has 0 radical (unpaired) electrons. The van der Waals surface area contributed by atoms with Gasteiger partial charge < -0.3 is 14.9 Å². The predicted octanol–water partition coefficient (Wildman–Crippen LogP) is 1.82. The van der Waals surface area contributed by atoms with Crippen molar-refractivity contribution in [3.8, 4) is 5.75 Å². The monoisotopic (exact) mass is 230 g/mol. The van der Waals surface area contributed by atoms with E-state index in [1.807, 2.05) is 0 Å². The quantitative estimate of drug-likeness (QED) is 0.828. The maximum Gasteiger partial charge on any atom is 0.307 e. The normalized spacial score (nSPS) is 10.3. The van der Waals surface area contributed by atoms with E-state index >= 15 is 0 Å². The zero-order chi connectivity index (χ0) is 11.4. The Morgan fingerprint density at radius 2 is 2.20 bits per heavy atom. The predicted molar refractivity (Wildman–Crippen MR) is 55.2 cm³/mol. The number of carboxylic acids is 1. The van der Waals surface area contributed by atoms with E-state index in [0.29, 0.717) is 11.1 Å². The maximum absolute atomic E-state index is 10.6. The van der Waals surface area contributed by atoms with Crippen LogP contribution in [-0.2, 0) is 22.6 Å². The van der Waals surface area contributed by atoms with Gasteiger partial charge in [0.15, 0.2) is 0 Å². The van der Waals surface area contributed by atoms with Crippen LogP contribution in [0.15, 0.2) is 12.1 Å². The summed E-state index contributed by atoms with van der Waals surface area (Å²) in [6.45, 7) is 0.243. The Morgan fingerprint density at radius 3 is 2.73 bits per heavy atom. The smallest absolute Gasteiger partial charge is 0.307 e. The second-order valence-corrected chi connectivity index (χ2v) is 3.44. The third-order valence-electron chi connectivity index (χ3n) is 1.96. The van der Waals surface area contributed by atoms with Gasteiger partial charge in [-0.2, -0.15) is 0 Å². The number of carboxylic acid groups (broad SMARTS) is 1. The highest BCUT2D eigenvalue weighted by molar-refractivity contribution is 6.32. The molecule has 0 saturated heterocycles. The fourth-order valence-corrected chi connectivity index (χ4v) is 1.47. The molecule has 15 heavy (non-hydrogen) atoms. The van der Waals surface area contributed by atoms with E-state index in [1.54, 1.807) is 6.07 Å².